The van der Waals surface area contributed by atoms with Crippen molar-refractivity contribution in [1.82, 2.24) is 19.8 Å². The molecule has 2 aromatic rings. The highest BCUT2D eigenvalue weighted by molar-refractivity contribution is 5.80. The standard InChI is InChI=1S/C24H28N4O3/c29-20-7-4-12-27(20)13-8-21(30)28-14-10-24(11-15-28)22-19(9-16-31-24)17-25-23(26-22)18-5-2-1-3-6-18/h1-3,5-6,17H,4,7-16H2. The fraction of sp³-hybridized carbons (Fsp3) is 0.500. The minimum Gasteiger partial charge on any atom is -0.368 e. The molecule has 1 aromatic carbocycles. The van der Waals surface area contributed by atoms with Crippen LogP contribution in [-0.4, -0.2) is 64.4 Å². The van der Waals surface area contributed by atoms with Crippen molar-refractivity contribution in [2.24, 2.45) is 0 Å². The highest BCUT2D eigenvalue weighted by Crippen LogP contribution is 2.41. The lowest BCUT2D eigenvalue weighted by Crippen LogP contribution is -2.49. The molecule has 0 atom stereocenters. The molecule has 0 aliphatic carbocycles. The zero-order valence-corrected chi connectivity index (χ0v) is 17.8. The molecule has 7 nitrogen and oxygen atoms in total. The molecule has 0 N–H and O–H groups in total. The number of ether oxygens (including phenoxy) is 1. The molecule has 1 aromatic heterocycles. The summed E-state index contributed by atoms with van der Waals surface area (Å²) in [6, 6.07) is 10.0. The zero-order valence-electron chi connectivity index (χ0n) is 17.8. The molecule has 2 amide bonds. The summed E-state index contributed by atoms with van der Waals surface area (Å²) in [5, 5.41) is 0. The fourth-order valence-electron chi connectivity index (χ4n) is 4.96. The first-order valence-electron chi connectivity index (χ1n) is 11.3. The highest BCUT2D eigenvalue weighted by atomic mass is 16.5. The Labute approximate surface area is 182 Å². The van der Waals surface area contributed by atoms with E-state index in [1.807, 2.05) is 46.3 Å². The summed E-state index contributed by atoms with van der Waals surface area (Å²) >= 11 is 0. The number of carbonyl (C=O) groups is 2. The predicted octanol–water partition coefficient (Wildman–Crippen LogP) is 2.55. The molecule has 0 unspecified atom stereocenters. The summed E-state index contributed by atoms with van der Waals surface area (Å²) in [6.07, 6.45) is 6.15. The topological polar surface area (TPSA) is 75.6 Å². The van der Waals surface area contributed by atoms with E-state index in [9.17, 15) is 9.59 Å². The lowest BCUT2D eigenvalue weighted by atomic mass is 9.83. The third-order valence-electron chi connectivity index (χ3n) is 6.77. The Hall–Kier alpha value is -2.80. The van der Waals surface area contributed by atoms with Gasteiger partial charge in [0.15, 0.2) is 5.82 Å². The van der Waals surface area contributed by atoms with Gasteiger partial charge in [0.2, 0.25) is 11.8 Å². The van der Waals surface area contributed by atoms with Crippen molar-refractivity contribution in [3.05, 3.63) is 47.8 Å². The van der Waals surface area contributed by atoms with Crippen LogP contribution in [0.1, 0.15) is 43.4 Å². The maximum atomic E-state index is 12.7. The fourth-order valence-corrected chi connectivity index (χ4v) is 4.96. The first kappa shape index (κ1) is 20.1. The Morgan fingerprint density at radius 3 is 2.65 bits per heavy atom. The smallest absolute Gasteiger partial charge is 0.224 e. The van der Waals surface area contributed by atoms with Crippen molar-refractivity contribution in [2.75, 3.05) is 32.8 Å². The second kappa shape index (κ2) is 8.38. The van der Waals surface area contributed by atoms with Gasteiger partial charge in [-0.2, -0.15) is 0 Å². The average Bonchev–Trinajstić information content (AvgIpc) is 3.23. The van der Waals surface area contributed by atoms with Gasteiger partial charge >= 0.3 is 0 Å². The summed E-state index contributed by atoms with van der Waals surface area (Å²) in [5.74, 6) is 1.02. The Morgan fingerprint density at radius 2 is 1.90 bits per heavy atom. The van der Waals surface area contributed by atoms with Gasteiger partial charge in [0.25, 0.3) is 0 Å². The molecular formula is C24H28N4O3. The van der Waals surface area contributed by atoms with Crippen LogP contribution < -0.4 is 0 Å². The molecule has 7 heteroatoms. The molecule has 1 spiro atoms. The van der Waals surface area contributed by atoms with Crippen LogP contribution in [0.25, 0.3) is 11.4 Å². The third-order valence-corrected chi connectivity index (χ3v) is 6.77. The number of aromatic nitrogens is 2. The van der Waals surface area contributed by atoms with E-state index in [1.54, 1.807) is 0 Å². The molecule has 0 saturated carbocycles. The van der Waals surface area contributed by atoms with E-state index in [2.05, 4.69) is 4.98 Å². The minimum atomic E-state index is -0.443. The van der Waals surface area contributed by atoms with E-state index in [1.165, 1.54) is 0 Å². The van der Waals surface area contributed by atoms with Crippen LogP contribution >= 0.6 is 0 Å². The van der Waals surface area contributed by atoms with Crippen LogP contribution in [0.2, 0.25) is 0 Å². The predicted molar refractivity (Wildman–Crippen MR) is 115 cm³/mol. The summed E-state index contributed by atoms with van der Waals surface area (Å²) in [4.78, 5) is 37.8. The largest absolute Gasteiger partial charge is 0.368 e. The molecule has 0 bridgehead atoms. The molecule has 3 aliphatic heterocycles. The number of benzene rings is 1. The third kappa shape index (κ3) is 3.94. The van der Waals surface area contributed by atoms with E-state index in [-0.39, 0.29) is 11.8 Å². The molecule has 4 heterocycles. The Kier molecular flexibility index (Phi) is 5.44. The van der Waals surface area contributed by atoms with Gasteiger partial charge in [-0.15, -0.1) is 0 Å². The van der Waals surface area contributed by atoms with Gasteiger partial charge in [0, 0.05) is 50.8 Å². The van der Waals surface area contributed by atoms with Crippen LogP contribution in [0, 0.1) is 0 Å². The Bertz CT molecular complexity index is 970. The van der Waals surface area contributed by atoms with Crippen LogP contribution in [-0.2, 0) is 26.3 Å². The van der Waals surface area contributed by atoms with E-state index >= 15 is 0 Å². The van der Waals surface area contributed by atoms with E-state index < -0.39 is 5.60 Å². The van der Waals surface area contributed by atoms with Gasteiger partial charge in [-0.25, -0.2) is 9.97 Å². The number of hydrogen-bond acceptors (Lipinski definition) is 5. The van der Waals surface area contributed by atoms with Gasteiger partial charge in [-0.05, 0) is 31.2 Å². The lowest BCUT2D eigenvalue weighted by molar-refractivity contribution is -0.141. The first-order valence-corrected chi connectivity index (χ1v) is 11.3. The van der Waals surface area contributed by atoms with E-state index in [0.717, 1.165) is 54.9 Å². The lowest BCUT2D eigenvalue weighted by Gasteiger charge is -2.44. The average molecular weight is 421 g/mol. The normalized spacial score (nSPS) is 20.2. The molecule has 31 heavy (non-hydrogen) atoms. The molecule has 2 saturated heterocycles. The van der Waals surface area contributed by atoms with E-state index in [4.69, 9.17) is 9.72 Å². The maximum absolute atomic E-state index is 12.7. The van der Waals surface area contributed by atoms with Crippen molar-refractivity contribution in [3.63, 3.8) is 0 Å². The number of likely N-dealkylation sites (tertiary alicyclic amines) is 2. The van der Waals surface area contributed by atoms with Gasteiger partial charge in [-0.1, -0.05) is 30.3 Å². The minimum absolute atomic E-state index is 0.123. The second-order valence-electron chi connectivity index (χ2n) is 8.64. The van der Waals surface area contributed by atoms with Crippen molar-refractivity contribution < 1.29 is 14.3 Å². The Balaban J connectivity index is 1.28. The zero-order chi connectivity index (χ0) is 21.3. The molecule has 0 radical (unpaired) electrons. The van der Waals surface area contributed by atoms with Crippen molar-refractivity contribution >= 4 is 11.8 Å². The van der Waals surface area contributed by atoms with Crippen LogP contribution in [0.4, 0.5) is 0 Å². The second-order valence-corrected chi connectivity index (χ2v) is 8.64. The number of piperidine rings is 1. The van der Waals surface area contributed by atoms with E-state index in [0.29, 0.717) is 39.1 Å². The Morgan fingerprint density at radius 1 is 1.10 bits per heavy atom. The van der Waals surface area contributed by atoms with Crippen LogP contribution in [0.15, 0.2) is 36.5 Å². The highest BCUT2D eigenvalue weighted by Gasteiger charge is 2.43. The summed E-state index contributed by atoms with van der Waals surface area (Å²) in [5.41, 5.74) is 2.69. The van der Waals surface area contributed by atoms with Crippen LogP contribution in [0.3, 0.4) is 0 Å². The van der Waals surface area contributed by atoms with Gasteiger partial charge in [-0.3, -0.25) is 9.59 Å². The van der Waals surface area contributed by atoms with Crippen LogP contribution in [0.5, 0.6) is 0 Å². The first-order chi connectivity index (χ1) is 15.1. The molecule has 2 fully saturated rings. The van der Waals surface area contributed by atoms with Gasteiger partial charge in [0.05, 0.1) is 12.3 Å². The van der Waals surface area contributed by atoms with Crippen molar-refractivity contribution in [3.8, 4) is 11.4 Å². The number of fused-ring (bicyclic) bond motifs is 2. The monoisotopic (exact) mass is 420 g/mol. The SMILES string of the molecule is O=C1CCCN1CCC(=O)N1CCC2(CC1)OCCc1cnc(-c3ccccc3)nc12. The maximum Gasteiger partial charge on any atom is 0.224 e. The molecular weight excluding hydrogens is 392 g/mol. The summed E-state index contributed by atoms with van der Waals surface area (Å²) < 4.78 is 6.33. The number of nitrogens with zero attached hydrogens (tertiary/aromatic N) is 4. The van der Waals surface area contributed by atoms with Crippen molar-refractivity contribution in [2.45, 2.75) is 44.1 Å². The molecule has 5 rings (SSSR count). The van der Waals surface area contributed by atoms with Gasteiger partial charge in [0.1, 0.15) is 5.60 Å². The summed E-state index contributed by atoms with van der Waals surface area (Å²) in [6.45, 7) is 3.27. The summed E-state index contributed by atoms with van der Waals surface area (Å²) in [7, 11) is 0. The molecule has 162 valence electrons. The van der Waals surface area contributed by atoms with Crippen molar-refractivity contribution in [1.29, 1.82) is 0 Å². The number of amides is 2. The number of rotatable bonds is 4. The number of carbonyl (C=O) groups excluding carboxylic acids is 2. The van der Waals surface area contributed by atoms with Gasteiger partial charge < -0.3 is 14.5 Å². The number of hydrogen-bond donors (Lipinski definition) is 0. The quantitative estimate of drug-likeness (QED) is 0.760. The molecule has 3 aliphatic rings.